The monoisotopic (exact) mass is 233 g/mol. The molecule has 0 aliphatic carbocycles. The first kappa shape index (κ1) is 10.7. The molecule has 0 radical (unpaired) electrons. The summed E-state index contributed by atoms with van der Waals surface area (Å²) < 4.78 is 5.49. The van der Waals surface area contributed by atoms with Crippen molar-refractivity contribution < 1.29 is 4.74 Å². The van der Waals surface area contributed by atoms with Gasteiger partial charge in [0, 0.05) is 11.3 Å². The molecule has 0 spiro atoms. The van der Waals surface area contributed by atoms with E-state index in [1.807, 2.05) is 13.0 Å². The third-order valence-electron chi connectivity index (χ3n) is 1.98. The predicted octanol–water partition coefficient (Wildman–Crippen LogP) is 1.98. The maximum Gasteiger partial charge on any atom is 0.227 e. The second-order valence-corrected chi connectivity index (χ2v) is 4.50. The molecule has 2 rings (SSSR count). The molecule has 16 heavy (non-hydrogen) atoms. The lowest BCUT2D eigenvalue weighted by molar-refractivity contribution is 0.319. The first-order chi connectivity index (χ1) is 7.70. The van der Waals surface area contributed by atoms with Gasteiger partial charge >= 0.3 is 0 Å². The maximum absolute atomic E-state index is 5.60. The molecule has 2 aromatic heterocycles. The molecule has 82 valence electrons. The smallest absolute Gasteiger partial charge is 0.227 e. The van der Waals surface area contributed by atoms with E-state index in [4.69, 9.17) is 16.9 Å². The number of aromatic nitrogens is 2. The van der Waals surface area contributed by atoms with Crippen molar-refractivity contribution in [1.29, 1.82) is 0 Å². The Kier molecular flexibility index (Phi) is 2.93. The molecule has 0 atom stereocenters. The molecule has 0 fully saturated rings. The van der Waals surface area contributed by atoms with Crippen LogP contribution < -0.4 is 10.5 Å². The molecule has 2 N–H and O–H groups in total. The number of nitrogens with two attached hydrogens (primary N) is 1. The molecule has 4 nitrogen and oxygen atoms in total. The highest BCUT2D eigenvalue weighted by molar-refractivity contribution is 7.18. The number of terminal acetylenes is 1. The quantitative estimate of drug-likeness (QED) is 0.650. The molecule has 0 saturated heterocycles. The van der Waals surface area contributed by atoms with Crippen LogP contribution in [-0.2, 0) is 0 Å². The minimum absolute atomic E-state index is 0.227. The fourth-order valence-electron chi connectivity index (χ4n) is 1.35. The lowest BCUT2D eigenvalue weighted by Crippen LogP contribution is -2.01. The average Bonchev–Trinajstić information content (AvgIpc) is 2.58. The zero-order valence-electron chi connectivity index (χ0n) is 8.86. The van der Waals surface area contributed by atoms with E-state index in [9.17, 15) is 0 Å². The lowest BCUT2D eigenvalue weighted by Gasteiger charge is -2.04. The standard InChI is InChI=1S/C11H11N3OS/c1-3-4-5-15-9-8-6-7(2)16-10(8)14-11(12)13-9/h1,6H,4-5H2,2H3,(H2,12,13,14). The van der Waals surface area contributed by atoms with Crippen LogP contribution in [0.3, 0.4) is 0 Å². The molecular formula is C11H11N3OS. The number of hydrogen-bond acceptors (Lipinski definition) is 5. The van der Waals surface area contributed by atoms with Gasteiger partial charge in [0.25, 0.3) is 0 Å². The SMILES string of the molecule is C#CCCOc1nc(N)nc2sc(C)cc12. The summed E-state index contributed by atoms with van der Waals surface area (Å²) in [5.41, 5.74) is 5.60. The van der Waals surface area contributed by atoms with Gasteiger partial charge < -0.3 is 10.5 Å². The molecular weight excluding hydrogens is 222 g/mol. The maximum atomic E-state index is 5.60. The Morgan fingerprint density at radius 3 is 3.12 bits per heavy atom. The van der Waals surface area contributed by atoms with E-state index in [1.165, 1.54) is 0 Å². The van der Waals surface area contributed by atoms with Crippen molar-refractivity contribution >= 4 is 27.5 Å². The van der Waals surface area contributed by atoms with Crippen molar-refractivity contribution in [3.63, 3.8) is 0 Å². The molecule has 0 amide bonds. The fraction of sp³-hybridized carbons (Fsp3) is 0.273. The van der Waals surface area contributed by atoms with Crippen molar-refractivity contribution in [2.75, 3.05) is 12.3 Å². The molecule has 2 aromatic rings. The number of hydrogen-bond donors (Lipinski definition) is 1. The summed E-state index contributed by atoms with van der Waals surface area (Å²) in [6.45, 7) is 2.45. The van der Waals surface area contributed by atoms with Gasteiger partial charge in [-0.3, -0.25) is 0 Å². The Morgan fingerprint density at radius 1 is 1.56 bits per heavy atom. The van der Waals surface area contributed by atoms with E-state index in [0.717, 1.165) is 15.1 Å². The Morgan fingerprint density at radius 2 is 2.38 bits per heavy atom. The van der Waals surface area contributed by atoms with Crippen molar-refractivity contribution in [3.8, 4) is 18.2 Å². The van der Waals surface area contributed by atoms with Gasteiger partial charge in [-0.25, -0.2) is 4.98 Å². The number of nitrogen functional groups attached to an aromatic ring is 1. The topological polar surface area (TPSA) is 61.0 Å². The molecule has 2 heterocycles. The number of fused-ring (bicyclic) bond motifs is 1. The van der Waals surface area contributed by atoms with E-state index in [2.05, 4.69) is 15.9 Å². The molecule has 0 saturated carbocycles. The largest absolute Gasteiger partial charge is 0.476 e. The van der Waals surface area contributed by atoms with Gasteiger partial charge in [-0.1, -0.05) is 0 Å². The molecule has 5 heteroatoms. The minimum Gasteiger partial charge on any atom is -0.476 e. The Bertz CT molecular complexity index is 556. The lowest BCUT2D eigenvalue weighted by atomic mass is 10.3. The third kappa shape index (κ3) is 2.07. The number of rotatable bonds is 3. The number of ether oxygens (including phenoxy) is 1. The second kappa shape index (κ2) is 4.37. The van der Waals surface area contributed by atoms with Gasteiger partial charge in [-0.05, 0) is 13.0 Å². The van der Waals surface area contributed by atoms with Crippen molar-refractivity contribution in [3.05, 3.63) is 10.9 Å². The summed E-state index contributed by atoms with van der Waals surface area (Å²) >= 11 is 1.57. The molecule has 0 aliphatic rings. The fourth-order valence-corrected chi connectivity index (χ4v) is 2.23. The van der Waals surface area contributed by atoms with Crippen molar-refractivity contribution in [1.82, 2.24) is 9.97 Å². The van der Waals surface area contributed by atoms with Gasteiger partial charge in [0.1, 0.15) is 11.4 Å². The number of thiophene rings is 1. The Labute approximate surface area is 97.5 Å². The first-order valence-electron chi connectivity index (χ1n) is 4.80. The third-order valence-corrected chi connectivity index (χ3v) is 2.93. The van der Waals surface area contributed by atoms with E-state index in [0.29, 0.717) is 18.9 Å². The van der Waals surface area contributed by atoms with Crippen LogP contribution in [0.1, 0.15) is 11.3 Å². The average molecular weight is 233 g/mol. The van der Waals surface area contributed by atoms with Crippen molar-refractivity contribution in [2.45, 2.75) is 13.3 Å². The predicted molar refractivity (Wildman–Crippen MR) is 65.5 cm³/mol. The molecule has 0 aliphatic heterocycles. The van der Waals surface area contributed by atoms with Crippen LogP contribution in [0, 0.1) is 19.3 Å². The van der Waals surface area contributed by atoms with Gasteiger partial charge in [0.05, 0.1) is 5.39 Å². The molecule has 0 aromatic carbocycles. The number of aryl methyl sites for hydroxylation is 1. The summed E-state index contributed by atoms with van der Waals surface area (Å²) in [4.78, 5) is 10.2. The van der Waals surface area contributed by atoms with Gasteiger partial charge in [0.2, 0.25) is 11.8 Å². The van der Waals surface area contributed by atoms with E-state index in [1.54, 1.807) is 11.3 Å². The first-order valence-corrected chi connectivity index (χ1v) is 5.62. The summed E-state index contributed by atoms with van der Waals surface area (Å²) in [6.07, 6.45) is 5.70. The van der Waals surface area contributed by atoms with E-state index in [-0.39, 0.29) is 5.95 Å². The van der Waals surface area contributed by atoms with Crippen LogP contribution in [0.2, 0.25) is 0 Å². The van der Waals surface area contributed by atoms with Crippen LogP contribution in [0.25, 0.3) is 10.2 Å². The summed E-state index contributed by atoms with van der Waals surface area (Å²) in [5, 5.41) is 0.897. The van der Waals surface area contributed by atoms with Gasteiger partial charge in [0.15, 0.2) is 0 Å². The van der Waals surface area contributed by atoms with Gasteiger partial charge in [-0.15, -0.1) is 23.7 Å². The number of nitrogens with zero attached hydrogens (tertiary/aromatic N) is 2. The van der Waals surface area contributed by atoms with Crippen molar-refractivity contribution in [2.24, 2.45) is 0 Å². The summed E-state index contributed by atoms with van der Waals surface area (Å²) in [5.74, 6) is 3.25. The van der Waals surface area contributed by atoms with Crippen LogP contribution in [0.5, 0.6) is 5.88 Å². The van der Waals surface area contributed by atoms with E-state index < -0.39 is 0 Å². The highest BCUT2D eigenvalue weighted by Gasteiger charge is 2.09. The number of anilines is 1. The highest BCUT2D eigenvalue weighted by atomic mass is 32.1. The van der Waals surface area contributed by atoms with E-state index >= 15 is 0 Å². The summed E-state index contributed by atoms with van der Waals surface area (Å²) in [6, 6.07) is 1.99. The summed E-state index contributed by atoms with van der Waals surface area (Å²) in [7, 11) is 0. The normalized spacial score (nSPS) is 10.2. The van der Waals surface area contributed by atoms with Crippen LogP contribution in [-0.4, -0.2) is 16.6 Å². The van der Waals surface area contributed by atoms with Crippen LogP contribution in [0.15, 0.2) is 6.07 Å². The second-order valence-electron chi connectivity index (χ2n) is 3.27. The zero-order chi connectivity index (χ0) is 11.5. The molecule has 0 unspecified atom stereocenters. The zero-order valence-corrected chi connectivity index (χ0v) is 9.67. The van der Waals surface area contributed by atoms with Crippen LogP contribution in [0.4, 0.5) is 5.95 Å². The van der Waals surface area contributed by atoms with Gasteiger partial charge in [-0.2, -0.15) is 4.98 Å². The highest BCUT2D eigenvalue weighted by Crippen LogP contribution is 2.30. The Hall–Kier alpha value is -1.80. The Balaban J connectivity index is 2.38. The molecule has 0 bridgehead atoms. The van der Waals surface area contributed by atoms with Crippen LogP contribution >= 0.6 is 11.3 Å². The minimum atomic E-state index is 0.227.